The first-order valence-corrected chi connectivity index (χ1v) is 7.64. The molecular weight excluding hydrogens is 292 g/mol. The van der Waals surface area contributed by atoms with Crippen LogP contribution in [0.1, 0.15) is 47.5 Å². The molecule has 0 unspecified atom stereocenters. The minimum atomic E-state index is -1.05. The number of carbonyl (C=O) groups is 3. The van der Waals surface area contributed by atoms with Crippen molar-refractivity contribution in [3.8, 4) is 0 Å². The summed E-state index contributed by atoms with van der Waals surface area (Å²) in [5.74, 6) is -1.67. The molecule has 0 aliphatic carbocycles. The number of hydrogen-bond acceptors (Lipinski definition) is 4. The first-order valence-electron chi connectivity index (χ1n) is 6.82. The molecule has 2 amide bonds. The highest BCUT2D eigenvalue weighted by Crippen LogP contribution is 2.33. The van der Waals surface area contributed by atoms with Gasteiger partial charge < -0.3 is 15.7 Å². The van der Waals surface area contributed by atoms with Crippen LogP contribution in [0.15, 0.2) is 0 Å². The van der Waals surface area contributed by atoms with E-state index in [1.54, 1.807) is 0 Å². The van der Waals surface area contributed by atoms with Crippen LogP contribution in [0.25, 0.3) is 0 Å². The number of aromatic carboxylic acids is 1. The van der Waals surface area contributed by atoms with Crippen LogP contribution in [0.3, 0.4) is 0 Å². The average molecular weight is 312 g/mol. The fourth-order valence-corrected chi connectivity index (χ4v) is 3.14. The van der Waals surface area contributed by atoms with E-state index in [-0.39, 0.29) is 18.0 Å². The summed E-state index contributed by atoms with van der Waals surface area (Å²) in [4.78, 5) is 35.3. The summed E-state index contributed by atoms with van der Waals surface area (Å²) in [6.45, 7) is 5.42. The lowest BCUT2D eigenvalue weighted by Crippen LogP contribution is -2.32. The van der Waals surface area contributed by atoms with Crippen LogP contribution in [0, 0.1) is 6.92 Å². The van der Waals surface area contributed by atoms with Crippen LogP contribution in [0.4, 0.5) is 5.00 Å². The summed E-state index contributed by atoms with van der Waals surface area (Å²) in [5.41, 5.74) is 0.881. The Kier molecular flexibility index (Phi) is 6.36. The van der Waals surface area contributed by atoms with E-state index in [1.165, 1.54) is 11.3 Å². The Morgan fingerprint density at radius 3 is 2.38 bits per heavy atom. The largest absolute Gasteiger partial charge is 0.478 e. The third-order valence-corrected chi connectivity index (χ3v) is 4.02. The summed E-state index contributed by atoms with van der Waals surface area (Å²) in [7, 11) is 0. The Morgan fingerprint density at radius 1 is 1.19 bits per heavy atom. The molecule has 0 aromatic carbocycles. The van der Waals surface area contributed by atoms with Crippen LogP contribution < -0.4 is 10.6 Å². The SMILES string of the molecule is CCCC(=O)NCC(=O)Nc1sc(C)c(CC)c1C(=O)O. The van der Waals surface area contributed by atoms with E-state index in [0.717, 1.165) is 10.4 Å². The van der Waals surface area contributed by atoms with Crippen molar-refractivity contribution < 1.29 is 19.5 Å². The summed E-state index contributed by atoms with van der Waals surface area (Å²) >= 11 is 1.24. The molecule has 1 heterocycles. The van der Waals surface area contributed by atoms with Gasteiger partial charge >= 0.3 is 5.97 Å². The van der Waals surface area contributed by atoms with E-state index in [2.05, 4.69) is 10.6 Å². The van der Waals surface area contributed by atoms with Crippen molar-refractivity contribution in [1.29, 1.82) is 0 Å². The monoisotopic (exact) mass is 312 g/mol. The van der Waals surface area contributed by atoms with Gasteiger partial charge in [0.15, 0.2) is 0 Å². The summed E-state index contributed by atoms with van der Waals surface area (Å²) in [6, 6.07) is 0. The lowest BCUT2D eigenvalue weighted by Gasteiger charge is -2.06. The fourth-order valence-electron chi connectivity index (χ4n) is 1.98. The summed E-state index contributed by atoms with van der Waals surface area (Å²) < 4.78 is 0. The number of anilines is 1. The second-order valence-electron chi connectivity index (χ2n) is 4.57. The maximum atomic E-state index is 11.8. The molecule has 116 valence electrons. The minimum Gasteiger partial charge on any atom is -0.478 e. The van der Waals surface area contributed by atoms with Gasteiger partial charge in [-0.2, -0.15) is 0 Å². The zero-order valence-corrected chi connectivity index (χ0v) is 13.2. The van der Waals surface area contributed by atoms with Crippen molar-refractivity contribution in [2.24, 2.45) is 0 Å². The van der Waals surface area contributed by atoms with Crippen LogP contribution in [0.5, 0.6) is 0 Å². The van der Waals surface area contributed by atoms with E-state index in [1.807, 2.05) is 20.8 Å². The standard InChI is InChI=1S/C14H20N2O4S/c1-4-6-10(17)15-7-11(18)16-13-12(14(19)20)9(5-2)8(3)21-13/h4-7H2,1-3H3,(H,15,17)(H,16,18)(H,19,20). The second-order valence-corrected chi connectivity index (χ2v) is 5.80. The molecule has 0 saturated carbocycles. The van der Waals surface area contributed by atoms with Gasteiger partial charge in [-0.3, -0.25) is 9.59 Å². The molecule has 1 aromatic rings. The number of aryl methyl sites for hydroxylation is 1. The molecule has 1 aromatic heterocycles. The van der Waals surface area contributed by atoms with Gasteiger partial charge in [0.2, 0.25) is 11.8 Å². The normalized spacial score (nSPS) is 10.2. The summed E-state index contributed by atoms with van der Waals surface area (Å²) in [6.07, 6.45) is 1.67. The van der Waals surface area contributed by atoms with Crippen LogP contribution in [0.2, 0.25) is 0 Å². The molecule has 0 radical (unpaired) electrons. The number of nitrogens with one attached hydrogen (secondary N) is 2. The Bertz CT molecular complexity index is 551. The molecule has 0 bridgehead atoms. The third kappa shape index (κ3) is 4.56. The number of thiophene rings is 1. The minimum absolute atomic E-state index is 0.147. The Hall–Kier alpha value is -1.89. The van der Waals surface area contributed by atoms with Crippen molar-refractivity contribution in [3.05, 3.63) is 16.0 Å². The number of hydrogen-bond donors (Lipinski definition) is 3. The van der Waals surface area contributed by atoms with E-state index >= 15 is 0 Å². The van der Waals surface area contributed by atoms with Crippen molar-refractivity contribution in [1.82, 2.24) is 5.32 Å². The Balaban J connectivity index is 2.77. The molecule has 0 fully saturated rings. The zero-order valence-electron chi connectivity index (χ0n) is 12.4. The van der Waals surface area contributed by atoms with Gasteiger partial charge in [-0.15, -0.1) is 11.3 Å². The molecule has 7 heteroatoms. The number of rotatable bonds is 7. The molecule has 1 rings (SSSR count). The van der Waals surface area contributed by atoms with Crippen molar-refractivity contribution in [2.75, 3.05) is 11.9 Å². The molecule has 21 heavy (non-hydrogen) atoms. The van der Waals surface area contributed by atoms with Crippen LogP contribution in [-0.2, 0) is 16.0 Å². The zero-order chi connectivity index (χ0) is 16.0. The predicted molar refractivity (Wildman–Crippen MR) is 81.9 cm³/mol. The summed E-state index contributed by atoms with van der Waals surface area (Å²) in [5, 5.41) is 14.7. The van der Waals surface area contributed by atoms with Crippen LogP contribution >= 0.6 is 11.3 Å². The first kappa shape index (κ1) is 17.2. The van der Waals surface area contributed by atoms with Gasteiger partial charge in [-0.1, -0.05) is 13.8 Å². The van der Waals surface area contributed by atoms with Crippen molar-refractivity contribution >= 4 is 34.1 Å². The van der Waals surface area contributed by atoms with E-state index in [0.29, 0.717) is 24.3 Å². The number of carbonyl (C=O) groups excluding carboxylic acids is 2. The molecule has 0 saturated heterocycles. The molecule has 0 spiro atoms. The first-order chi connectivity index (χ1) is 9.90. The lowest BCUT2D eigenvalue weighted by atomic mass is 10.1. The van der Waals surface area contributed by atoms with Gasteiger partial charge in [0.05, 0.1) is 12.1 Å². The molecule has 0 atom stereocenters. The Labute approximate surface area is 127 Å². The van der Waals surface area contributed by atoms with Gasteiger partial charge in [-0.05, 0) is 25.3 Å². The highest BCUT2D eigenvalue weighted by molar-refractivity contribution is 7.16. The molecule has 6 nitrogen and oxygen atoms in total. The van der Waals surface area contributed by atoms with Gasteiger partial charge in [-0.25, -0.2) is 4.79 Å². The van der Waals surface area contributed by atoms with Gasteiger partial charge in [0.25, 0.3) is 0 Å². The van der Waals surface area contributed by atoms with Crippen LogP contribution in [-0.4, -0.2) is 29.4 Å². The van der Waals surface area contributed by atoms with Gasteiger partial charge in [0.1, 0.15) is 5.00 Å². The molecule has 0 aliphatic heterocycles. The highest BCUT2D eigenvalue weighted by Gasteiger charge is 2.21. The van der Waals surface area contributed by atoms with E-state index < -0.39 is 11.9 Å². The lowest BCUT2D eigenvalue weighted by molar-refractivity contribution is -0.124. The maximum absolute atomic E-state index is 11.8. The number of carboxylic acids is 1. The van der Waals surface area contributed by atoms with E-state index in [4.69, 9.17) is 0 Å². The maximum Gasteiger partial charge on any atom is 0.339 e. The highest BCUT2D eigenvalue weighted by atomic mass is 32.1. The molecular formula is C14H20N2O4S. The van der Waals surface area contributed by atoms with E-state index in [9.17, 15) is 19.5 Å². The quantitative estimate of drug-likeness (QED) is 0.719. The number of carboxylic acid groups (broad SMARTS) is 1. The van der Waals surface area contributed by atoms with Crippen molar-refractivity contribution in [3.63, 3.8) is 0 Å². The molecule has 3 N–H and O–H groups in total. The topological polar surface area (TPSA) is 95.5 Å². The average Bonchev–Trinajstić information content (AvgIpc) is 2.72. The molecule has 0 aliphatic rings. The Morgan fingerprint density at radius 2 is 1.86 bits per heavy atom. The van der Waals surface area contributed by atoms with Crippen molar-refractivity contribution in [2.45, 2.75) is 40.0 Å². The smallest absolute Gasteiger partial charge is 0.339 e. The van der Waals surface area contributed by atoms with Gasteiger partial charge in [0, 0.05) is 11.3 Å². The second kappa shape index (κ2) is 7.78. The third-order valence-electron chi connectivity index (χ3n) is 2.95. The fraction of sp³-hybridized carbons (Fsp3) is 0.500. The number of amides is 2. The predicted octanol–water partition coefficient (Wildman–Crippen LogP) is 2.17.